The van der Waals surface area contributed by atoms with E-state index in [4.69, 9.17) is 0 Å². The monoisotopic (exact) mass is 441 g/mol. The maximum atomic E-state index is 11.8. The van der Waals surface area contributed by atoms with Crippen LogP contribution in [0.3, 0.4) is 0 Å². The van der Waals surface area contributed by atoms with E-state index in [9.17, 15) is 9.90 Å². The largest absolute Gasteiger partial charge is 0.478 e. The van der Waals surface area contributed by atoms with Gasteiger partial charge in [0.15, 0.2) is 0 Å². The Balaban J connectivity index is 1.71. The predicted molar refractivity (Wildman–Crippen MR) is 133 cm³/mol. The van der Waals surface area contributed by atoms with Crippen LogP contribution in [-0.2, 0) is 19.6 Å². The summed E-state index contributed by atoms with van der Waals surface area (Å²) >= 11 is 0. The zero-order chi connectivity index (χ0) is 22.5. The van der Waals surface area contributed by atoms with Gasteiger partial charge in [0.05, 0.1) is 16.8 Å². The SMILES string of the molecule is CNCc1cn2c3c(cccc13)-c1c(C3CCCCC3)c3ccc(C(=O)O)cc3n1CCC2. The standard InChI is InChI=1S/C28H31N3O2/c1-29-16-20-17-30-13-6-14-31-24-15-19(28(32)33)11-12-22(24)25(18-7-3-2-4-8-18)27(31)23-10-5-9-21(20)26(23)30/h5,9-12,15,17-18,29H,2-4,6-8,13-14,16H2,1H3,(H,32,33). The molecule has 1 aliphatic carbocycles. The van der Waals surface area contributed by atoms with Gasteiger partial charge < -0.3 is 19.6 Å². The topological polar surface area (TPSA) is 59.2 Å². The summed E-state index contributed by atoms with van der Waals surface area (Å²) in [4.78, 5) is 11.8. The van der Waals surface area contributed by atoms with Crippen LogP contribution in [-0.4, -0.2) is 27.3 Å². The van der Waals surface area contributed by atoms with E-state index in [-0.39, 0.29) is 0 Å². The minimum atomic E-state index is -0.856. The van der Waals surface area contributed by atoms with Crippen LogP contribution in [0.25, 0.3) is 33.1 Å². The number of hydrogen-bond acceptors (Lipinski definition) is 2. The van der Waals surface area contributed by atoms with Gasteiger partial charge in [0, 0.05) is 47.7 Å². The molecule has 5 nitrogen and oxygen atoms in total. The van der Waals surface area contributed by atoms with Crippen molar-refractivity contribution in [3.8, 4) is 11.3 Å². The van der Waals surface area contributed by atoms with Gasteiger partial charge >= 0.3 is 5.97 Å². The van der Waals surface area contributed by atoms with Crippen molar-refractivity contribution in [2.75, 3.05) is 7.05 Å². The lowest BCUT2D eigenvalue weighted by atomic mass is 9.81. The average Bonchev–Trinajstić information content (AvgIpc) is 3.34. The number of nitrogens with zero attached hydrogens (tertiary/aromatic N) is 2. The summed E-state index contributed by atoms with van der Waals surface area (Å²) in [6.45, 7) is 2.72. The van der Waals surface area contributed by atoms with E-state index in [1.54, 1.807) is 6.07 Å². The molecule has 0 unspecified atom stereocenters. The third-order valence-electron chi connectivity index (χ3n) is 7.75. The first-order valence-electron chi connectivity index (χ1n) is 12.3. The lowest BCUT2D eigenvalue weighted by Gasteiger charge is -2.25. The highest BCUT2D eigenvalue weighted by Crippen LogP contribution is 2.46. The molecule has 33 heavy (non-hydrogen) atoms. The van der Waals surface area contributed by atoms with Crippen molar-refractivity contribution < 1.29 is 9.90 Å². The third-order valence-corrected chi connectivity index (χ3v) is 7.75. The van der Waals surface area contributed by atoms with Gasteiger partial charge in [-0.3, -0.25) is 0 Å². The van der Waals surface area contributed by atoms with E-state index < -0.39 is 5.97 Å². The van der Waals surface area contributed by atoms with Crippen molar-refractivity contribution >= 4 is 27.8 Å². The van der Waals surface area contributed by atoms with Crippen LogP contribution in [0.5, 0.6) is 0 Å². The summed E-state index contributed by atoms with van der Waals surface area (Å²) in [5.41, 5.74) is 8.17. The molecule has 2 aromatic carbocycles. The van der Waals surface area contributed by atoms with Gasteiger partial charge in [-0.2, -0.15) is 0 Å². The van der Waals surface area contributed by atoms with E-state index in [0.29, 0.717) is 11.5 Å². The van der Waals surface area contributed by atoms with Crippen LogP contribution in [0.2, 0.25) is 0 Å². The van der Waals surface area contributed by atoms with Crippen molar-refractivity contribution in [1.29, 1.82) is 0 Å². The molecule has 4 aromatic rings. The highest BCUT2D eigenvalue weighted by molar-refractivity contribution is 6.03. The Bertz CT molecular complexity index is 1370. The number of rotatable bonds is 4. The number of para-hydroxylation sites is 1. The highest BCUT2D eigenvalue weighted by Gasteiger charge is 2.29. The first-order valence-corrected chi connectivity index (χ1v) is 12.3. The maximum absolute atomic E-state index is 11.8. The molecule has 1 saturated carbocycles. The summed E-state index contributed by atoms with van der Waals surface area (Å²) in [7, 11) is 2.00. The zero-order valence-electron chi connectivity index (χ0n) is 19.2. The molecule has 1 fully saturated rings. The lowest BCUT2D eigenvalue weighted by molar-refractivity contribution is 0.0697. The van der Waals surface area contributed by atoms with Gasteiger partial charge in [-0.1, -0.05) is 43.5 Å². The Morgan fingerprint density at radius 1 is 1.06 bits per heavy atom. The number of aryl methyl sites for hydroxylation is 2. The predicted octanol–water partition coefficient (Wildman–Crippen LogP) is 6.13. The lowest BCUT2D eigenvalue weighted by Crippen LogP contribution is -2.11. The normalized spacial score (nSPS) is 16.6. The first-order chi connectivity index (χ1) is 16.2. The molecule has 5 heteroatoms. The molecule has 1 aliphatic heterocycles. The van der Waals surface area contributed by atoms with Gasteiger partial charge in [0.1, 0.15) is 0 Å². The second-order valence-corrected chi connectivity index (χ2v) is 9.72. The molecule has 2 N–H and O–H groups in total. The summed E-state index contributed by atoms with van der Waals surface area (Å²) in [6.07, 6.45) is 9.65. The number of hydrogen-bond donors (Lipinski definition) is 2. The van der Waals surface area contributed by atoms with Gasteiger partial charge in [0.2, 0.25) is 0 Å². The molecule has 3 heterocycles. The first kappa shape index (κ1) is 20.5. The van der Waals surface area contributed by atoms with E-state index in [1.165, 1.54) is 70.8 Å². The fourth-order valence-corrected chi connectivity index (χ4v) is 6.37. The van der Waals surface area contributed by atoms with Crippen molar-refractivity contribution in [2.45, 2.75) is 64.1 Å². The second kappa shape index (κ2) is 8.07. The summed E-state index contributed by atoms with van der Waals surface area (Å²) in [5.74, 6) is -0.326. The molecule has 2 aromatic heterocycles. The van der Waals surface area contributed by atoms with E-state index >= 15 is 0 Å². The molecular weight excluding hydrogens is 410 g/mol. The number of carboxylic acids is 1. The van der Waals surface area contributed by atoms with Gasteiger partial charge in [0.25, 0.3) is 0 Å². The molecule has 0 bridgehead atoms. The van der Waals surface area contributed by atoms with Crippen LogP contribution in [0.15, 0.2) is 42.6 Å². The third kappa shape index (κ3) is 3.21. The highest BCUT2D eigenvalue weighted by atomic mass is 16.4. The Morgan fingerprint density at radius 2 is 1.91 bits per heavy atom. The Labute approximate surface area is 194 Å². The summed E-state index contributed by atoms with van der Waals surface area (Å²) < 4.78 is 4.89. The molecular formula is C28H31N3O2. The second-order valence-electron chi connectivity index (χ2n) is 9.72. The van der Waals surface area contributed by atoms with Crippen molar-refractivity contribution in [3.63, 3.8) is 0 Å². The Kier molecular flexibility index (Phi) is 5.02. The van der Waals surface area contributed by atoms with Gasteiger partial charge in [-0.05, 0) is 55.5 Å². The van der Waals surface area contributed by atoms with Crippen molar-refractivity contribution in [2.24, 2.45) is 0 Å². The zero-order valence-corrected chi connectivity index (χ0v) is 19.2. The number of carboxylic acid groups (broad SMARTS) is 1. The van der Waals surface area contributed by atoms with Crippen LogP contribution < -0.4 is 5.32 Å². The minimum Gasteiger partial charge on any atom is -0.478 e. The van der Waals surface area contributed by atoms with E-state index in [2.05, 4.69) is 44.9 Å². The van der Waals surface area contributed by atoms with Crippen LogP contribution in [0, 0.1) is 0 Å². The number of benzene rings is 2. The fourth-order valence-electron chi connectivity index (χ4n) is 6.37. The smallest absolute Gasteiger partial charge is 0.335 e. The van der Waals surface area contributed by atoms with Crippen molar-refractivity contribution in [3.05, 3.63) is 59.3 Å². The minimum absolute atomic E-state index is 0.373. The molecule has 0 atom stereocenters. The molecule has 170 valence electrons. The number of aromatic nitrogens is 2. The fraction of sp³-hybridized carbons (Fsp3) is 0.393. The summed E-state index contributed by atoms with van der Waals surface area (Å²) in [5, 5.41) is 15.6. The quantitative estimate of drug-likeness (QED) is 0.400. The van der Waals surface area contributed by atoms with Crippen LogP contribution >= 0.6 is 0 Å². The maximum Gasteiger partial charge on any atom is 0.335 e. The van der Waals surface area contributed by atoms with Crippen LogP contribution in [0.4, 0.5) is 0 Å². The van der Waals surface area contributed by atoms with Gasteiger partial charge in [-0.25, -0.2) is 4.79 Å². The van der Waals surface area contributed by atoms with Crippen LogP contribution in [0.1, 0.15) is 65.9 Å². The average molecular weight is 442 g/mol. The van der Waals surface area contributed by atoms with Crippen molar-refractivity contribution in [1.82, 2.24) is 14.5 Å². The molecule has 0 amide bonds. The van der Waals surface area contributed by atoms with E-state index in [0.717, 1.165) is 31.6 Å². The molecule has 0 radical (unpaired) electrons. The number of aromatic carboxylic acids is 1. The van der Waals surface area contributed by atoms with Gasteiger partial charge in [-0.15, -0.1) is 0 Å². The Hall–Kier alpha value is -3.05. The number of carbonyl (C=O) groups is 1. The summed E-state index contributed by atoms with van der Waals surface area (Å²) in [6, 6.07) is 12.5. The Morgan fingerprint density at radius 3 is 2.70 bits per heavy atom. The number of nitrogens with one attached hydrogen (secondary N) is 1. The number of fused-ring (bicyclic) bond motifs is 4. The molecule has 6 rings (SSSR count). The molecule has 2 aliphatic rings. The molecule has 0 saturated heterocycles. The van der Waals surface area contributed by atoms with E-state index in [1.807, 2.05) is 13.1 Å². The molecule has 0 spiro atoms.